The Hall–Kier alpha value is -2.80. The molecule has 1 aliphatic rings. The van der Waals surface area contributed by atoms with Crippen LogP contribution in [-0.4, -0.2) is 35.8 Å². The third kappa shape index (κ3) is 3.83. The molecule has 142 valence electrons. The van der Waals surface area contributed by atoms with Crippen molar-refractivity contribution < 1.29 is 9.25 Å². The molecule has 3 aromatic rings. The van der Waals surface area contributed by atoms with Gasteiger partial charge in [-0.1, -0.05) is 4.98 Å². The van der Waals surface area contributed by atoms with Crippen molar-refractivity contribution in [3.63, 3.8) is 0 Å². The van der Waals surface area contributed by atoms with Crippen molar-refractivity contribution in [3.05, 3.63) is 42.1 Å². The Bertz CT molecular complexity index is 899. The summed E-state index contributed by atoms with van der Waals surface area (Å²) in [6.07, 6.45) is 4.25. The summed E-state index contributed by atoms with van der Waals surface area (Å²) in [4.78, 5) is 4.80. The number of hydrogen-bond acceptors (Lipinski definition) is 5. The van der Waals surface area contributed by atoms with Crippen molar-refractivity contribution in [2.75, 3.05) is 30.3 Å². The zero-order valence-corrected chi connectivity index (χ0v) is 15.9. The van der Waals surface area contributed by atoms with Crippen LogP contribution < -0.4 is 25.2 Å². The van der Waals surface area contributed by atoms with Crippen molar-refractivity contribution >= 4 is 23.0 Å². The number of piperidine rings is 1. The summed E-state index contributed by atoms with van der Waals surface area (Å²) >= 11 is 0. The third-order valence-electron chi connectivity index (χ3n) is 4.89. The second kappa shape index (κ2) is 7.84. The van der Waals surface area contributed by atoms with Gasteiger partial charge < -0.3 is 15.4 Å². The molecule has 0 bridgehead atoms. The van der Waals surface area contributed by atoms with Gasteiger partial charge in [-0.05, 0) is 57.5 Å². The fourth-order valence-electron chi connectivity index (χ4n) is 3.47. The second-order valence-corrected chi connectivity index (χ2v) is 6.86. The number of fused-ring (bicyclic) bond motifs is 1. The van der Waals surface area contributed by atoms with Crippen molar-refractivity contribution in [3.8, 4) is 5.75 Å². The van der Waals surface area contributed by atoms with Gasteiger partial charge in [0.2, 0.25) is 5.82 Å². The fraction of sp³-hybridized carbons (Fsp3) is 0.400. The molecule has 0 aliphatic carbocycles. The number of ether oxygens (including phenoxy) is 1. The average molecular weight is 367 g/mol. The second-order valence-electron chi connectivity index (χ2n) is 6.86. The van der Waals surface area contributed by atoms with Crippen LogP contribution >= 0.6 is 0 Å². The van der Waals surface area contributed by atoms with Gasteiger partial charge in [0, 0.05) is 24.8 Å². The van der Waals surface area contributed by atoms with Crippen LogP contribution in [0.3, 0.4) is 0 Å². The first-order valence-corrected chi connectivity index (χ1v) is 9.61. The number of aromatic amines is 1. The zero-order valence-electron chi connectivity index (χ0n) is 15.9. The van der Waals surface area contributed by atoms with Crippen molar-refractivity contribution in [2.45, 2.75) is 32.7 Å². The van der Waals surface area contributed by atoms with Crippen LogP contribution in [0, 0.1) is 6.92 Å². The number of nitrogens with zero attached hydrogens (tertiary/aromatic N) is 2. The molecule has 3 heterocycles. The highest BCUT2D eigenvalue weighted by atomic mass is 16.5. The summed E-state index contributed by atoms with van der Waals surface area (Å²) in [6, 6.07) is 10.4. The number of rotatable bonds is 6. The van der Waals surface area contributed by atoms with Gasteiger partial charge >= 0.3 is 0 Å². The maximum absolute atomic E-state index is 5.53. The lowest BCUT2D eigenvalue weighted by Crippen LogP contribution is -2.39. The molecule has 2 aromatic heterocycles. The number of nitrogens with one attached hydrogen (secondary N) is 4. The molecule has 1 fully saturated rings. The molecule has 27 heavy (non-hydrogen) atoms. The fourth-order valence-corrected chi connectivity index (χ4v) is 3.47. The molecule has 1 aromatic carbocycles. The minimum Gasteiger partial charge on any atom is -0.494 e. The Morgan fingerprint density at radius 1 is 1.26 bits per heavy atom. The van der Waals surface area contributed by atoms with Crippen LogP contribution in [0.15, 0.2) is 36.5 Å². The molecule has 7 nitrogen and oxygen atoms in total. The van der Waals surface area contributed by atoms with E-state index in [2.05, 4.69) is 28.0 Å². The molecule has 4 rings (SSSR count). The van der Waals surface area contributed by atoms with Crippen LogP contribution in [0.1, 0.15) is 25.3 Å². The van der Waals surface area contributed by atoms with E-state index in [1.54, 1.807) is 0 Å². The molecule has 0 unspecified atom stereocenters. The Morgan fingerprint density at radius 2 is 2.11 bits per heavy atom. The summed E-state index contributed by atoms with van der Waals surface area (Å²) in [6.45, 7) is 6.82. The largest absolute Gasteiger partial charge is 0.494 e. The molecule has 1 aliphatic heterocycles. The highest BCUT2D eigenvalue weighted by Crippen LogP contribution is 2.25. The first-order chi connectivity index (χ1) is 13.2. The number of anilines is 3. The standard InChI is InChI=1S/C20H26N6O/c1-3-27-17-8-6-15(7-9-17)24-20-14(2)19(23-16-5-4-11-21-13-16)25-18-10-12-22-26(18)20/h6-10,12,16,21H,3-5,11,13H2,1-2H3,(H2,22,23,24,25)/p+1/t16-/m0/s1. The molecular formula is C20H27N6O+. The first kappa shape index (κ1) is 17.6. The summed E-state index contributed by atoms with van der Waals surface area (Å²) in [5.41, 5.74) is 2.95. The van der Waals surface area contributed by atoms with Crippen LogP contribution in [0.25, 0.3) is 5.65 Å². The van der Waals surface area contributed by atoms with Crippen LogP contribution in [0.5, 0.6) is 5.75 Å². The molecular weight excluding hydrogens is 340 g/mol. The van der Waals surface area contributed by atoms with E-state index in [-0.39, 0.29) is 0 Å². The van der Waals surface area contributed by atoms with Gasteiger partial charge in [-0.3, -0.25) is 10.4 Å². The monoisotopic (exact) mass is 367 g/mol. The molecule has 0 spiro atoms. The van der Waals surface area contributed by atoms with Gasteiger partial charge in [-0.25, -0.2) is 0 Å². The van der Waals surface area contributed by atoms with Gasteiger partial charge in [0.25, 0.3) is 11.5 Å². The van der Waals surface area contributed by atoms with Crippen LogP contribution in [-0.2, 0) is 0 Å². The van der Waals surface area contributed by atoms with Gasteiger partial charge in [0.15, 0.2) is 0 Å². The lowest BCUT2D eigenvalue weighted by molar-refractivity contribution is -0.563. The Labute approximate surface area is 159 Å². The van der Waals surface area contributed by atoms with Crippen LogP contribution in [0.2, 0.25) is 0 Å². The van der Waals surface area contributed by atoms with Crippen molar-refractivity contribution in [1.82, 2.24) is 15.4 Å². The molecule has 7 heteroatoms. The van der Waals surface area contributed by atoms with E-state index in [9.17, 15) is 0 Å². The lowest BCUT2D eigenvalue weighted by atomic mass is 10.1. The number of benzene rings is 1. The SMILES string of the molecule is CCOc1ccc(Nc2c(C)c(N[C@H]3CCCNC3)nc3cc[nH][n+]23)cc1. The third-order valence-corrected chi connectivity index (χ3v) is 4.89. The zero-order chi connectivity index (χ0) is 18.6. The normalized spacial score (nSPS) is 17.0. The number of hydrogen-bond donors (Lipinski definition) is 4. The lowest BCUT2D eigenvalue weighted by Gasteiger charge is -2.24. The summed E-state index contributed by atoms with van der Waals surface area (Å²) in [7, 11) is 0. The predicted molar refractivity (Wildman–Crippen MR) is 107 cm³/mol. The van der Waals surface area contributed by atoms with E-state index in [4.69, 9.17) is 9.72 Å². The summed E-state index contributed by atoms with van der Waals surface area (Å²) in [5, 5.41) is 13.8. The van der Waals surface area contributed by atoms with Gasteiger partial charge in [-0.15, -0.1) is 4.52 Å². The summed E-state index contributed by atoms with van der Waals surface area (Å²) < 4.78 is 7.50. The van der Waals surface area contributed by atoms with E-state index < -0.39 is 0 Å². The van der Waals surface area contributed by atoms with Crippen LogP contribution in [0.4, 0.5) is 17.3 Å². The molecule has 0 radical (unpaired) electrons. The minimum absolute atomic E-state index is 0.407. The predicted octanol–water partition coefficient (Wildman–Crippen LogP) is 2.76. The van der Waals surface area contributed by atoms with E-state index in [1.807, 2.05) is 48.0 Å². The van der Waals surface area contributed by atoms with E-state index >= 15 is 0 Å². The quantitative estimate of drug-likeness (QED) is 0.504. The molecule has 0 amide bonds. The van der Waals surface area contributed by atoms with Crippen molar-refractivity contribution in [2.24, 2.45) is 0 Å². The topological polar surface area (TPSA) is 78.1 Å². The Kier molecular flexibility index (Phi) is 5.11. The van der Waals surface area contributed by atoms with Crippen molar-refractivity contribution in [1.29, 1.82) is 0 Å². The maximum Gasteiger partial charge on any atom is 0.288 e. The Balaban J connectivity index is 1.64. The first-order valence-electron chi connectivity index (χ1n) is 9.61. The highest BCUT2D eigenvalue weighted by Gasteiger charge is 2.23. The number of aromatic nitrogens is 3. The Morgan fingerprint density at radius 3 is 2.85 bits per heavy atom. The van der Waals surface area contributed by atoms with E-state index in [0.717, 1.165) is 53.8 Å². The van der Waals surface area contributed by atoms with Gasteiger partial charge in [0.1, 0.15) is 5.75 Å². The maximum atomic E-state index is 5.53. The highest BCUT2D eigenvalue weighted by molar-refractivity contribution is 5.64. The molecule has 0 saturated carbocycles. The molecule has 1 saturated heterocycles. The number of H-pyrrole nitrogens is 1. The van der Waals surface area contributed by atoms with Gasteiger partial charge in [0.05, 0.1) is 17.9 Å². The van der Waals surface area contributed by atoms with E-state index in [0.29, 0.717) is 12.6 Å². The smallest absolute Gasteiger partial charge is 0.288 e. The van der Waals surface area contributed by atoms with E-state index in [1.165, 1.54) is 6.42 Å². The summed E-state index contributed by atoms with van der Waals surface area (Å²) in [5.74, 6) is 2.77. The average Bonchev–Trinajstić information content (AvgIpc) is 3.16. The molecule has 1 atom stereocenters. The minimum atomic E-state index is 0.407. The molecule has 4 N–H and O–H groups in total. The van der Waals surface area contributed by atoms with Gasteiger partial charge in [-0.2, -0.15) is 0 Å².